The van der Waals surface area contributed by atoms with Crippen molar-refractivity contribution >= 4 is 5.84 Å². The highest BCUT2D eigenvalue weighted by atomic mass is 16.4. The van der Waals surface area contributed by atoms with E-state index in [0.29, 0.717) is 12.0 Å². The van der Waals surface area contributed by atoms with Crippen LogP contribution < -0.4 is 5.73 Å². The number of rotatable bonds is 5. The Bertz CT molecular complexity index is 946. The lowest BCUT2D eigenvalue weighted by molar-refractivity contribution is 0.318. The lowest BCUT2D eigenvalue weighted by Gasteiger charge is -2.17. The fourth-order valence-electron chi connectivity index (χ4n) is 3.03. The highest BCUT2D eigenvalue weighted by Gasteiger charge is 2.17. The van der Waals surface area contributed by atoms with Gasteiger partial charge in [0.25, 0.3) is 0 Å². The zero-order valence-corrected chi connectivity index (χ0v) is 14.3. The number of nitrogens with zero attached hydrogens (tertiary/aromatic N) is 1. The fraction of sp³-hybridized carbons (Fsp3) is 0.0455. The van der Waals surface area contributed by atoms with Crippen LogP contribution >= 0.6 is 0 Å². The van der Waals surface area contributed by atoms with Gasteiger partial charge in [0.1, 0.15) is 5.75 Å². The van der Waals surface area contributed by atoms with Gasteiger partial charge in [0.05, 0.1) is 0 Å². The first-order valence-electron chi connectivity index (χ1n) is 8.24. The van der Waals surface area contributed by atoms with Crippen molar-refractivity contribution in [1.29, 1.82) is 0 Å². The molecule has 0 saturated carbocycles. The van der Waals surface area contributed by atoms with Crippen LogP contribution in [-0.2, 0) is 6.42 Å². The third kappa shape index (κ3) is 3.44. The van der Waals surface area contributed by atoms with E-state index in [9.17, 15) is 10.3 Å². The molecule has 0 bridgehead atoms. The third-order valence-corrected chi connectivity index (χ3v) is 4.20. The van der Waals surface area contributed by atoms with Crippen LogP contribution in [0.2, 0.25) is 0 Å². The van der Waals surface area contributed by atoms with E-state index in [0.717, 1.165) is 27.8 Å². The van der Waals surface area contributed by atoms with Gasteiger partial charge in [-0.15, -0.1) is 6.58 Å². The molecule has 3 aromatic carbocycles. The second kappa shape index (κ2) is 7.57. The molecular weight excluding hydrogens is 324 g/mol. The summed E-state index contributed by atoms with van der Waals surface area (Å²) in [4.78, 5) is 0. The Labute approximate surface area is 152 Å². The van der Waals surface area contributed by atoms with Crippen molar-refractivity contribution in [3.63, 3.8) is 0 Å². The van der Waals surface area contributed by atoms with Gasteiger partial charge in [0, 0.05) is 11.1 Å². The molecule has 0 radical (unpaired) electrons. The topological polar surface area (TPSA) is 78.8 Å². The van der Waals surface area contributed by atoms with E-state index in [-0.39, 0.29) is 11.6 Å². The van der Waals surface area contributed by atoms with Crippen LogP contribution in [0.1, 0.15) is 11.1 Å². The fourth-order valence-corrected chi connectivity index (χ4v) is 3.03. The Morgan fingerprint density at radius 3 is 2.31 bits per heavy atom. The number of aromatic hydroxyl groups is 1. The summed E-state index contributed by atoms with van der Waals surface area (Å²) in [5.41, 5.74) is 11.4. The summed E-state index contributed by atoms with van der Waals surface area (Å²) in [6, 6.07) is 20.8. The number of phenols is 1. The van der Waals surface area contributed by atoms with Crippen LogP contribution in [0.5, 0.6) is 5.75 Å². The van der Waals surface area contributed by atoms with Gasteiger partial charge in [-0.1, -0.05) is 59.8 Å². The summed E-state index contributed by atoms with van der Waals surface area (Å²) >= 11 is 0. The molecule has 0 aromatic heterocycles. The van der Waals surface area contributed by atoms with Crippen molar-refractivity contribution in [2.45, 2.75) is 6.42 Å². The maximum absolute atomic E-state index is 9.62. The molecule has 0 spiro atoms. The van der Waals surface area contributed by atoms with Crippen LogP contribution in [-0.4, -0.2) is 16.1 Å². The van der Waals surface area contributed by atoms with Crippen LogP contribution in [0, 0.1) is 0 Å². The number of hydrogen-bond donors (Lipinski definition) is 3. The van der Waals surface area contributed by atoms with E-state index in [1.54, 1.807) is 12.1 Å². The van der Waals surface area contributed by atoms with Crippen LogP contribution in [0.15, 0.2) is 84.5 Å². The molecule has 0 amide bonds. The van der Waals surface area contributed by atoms with E-state index in [2.05, 4.69) is 17.8 Å². The highest BCUT2D eigenvalue weighted by Crippen LogP contribution is 2.37. The minimum atomic E-state index is 0.0507. The SMILES string of the molecule is C=CCc1cc(C(N)=NO)c(-c2ccccc2)c(-c2ccc(O)cc2)c1. The van der Waals surface area contributed by atoms with Gasteiger partial charge >= 0.3 is 0 Å². The minimum Gasteiger partial charge on any atom is -0.508 e. The van der Waals surface area contributed by atoms with Gasteiger partial charge in [0.15, 0.2) is 5.84 Å². The summed E-state index contributed by atoms with van der Waals surface area (Å²) in [7, 11) is 0. The maximum Gasteiger partial charge on any atom is 0.170 e. The van der Waals surface area contributed by atoms with Gasteiger partial charge in [-0.05, 0) is 46.9 Å². The number of oxime groups is 1. The normalized spacial score (nSPS) is 11.3. The number of amidine groups is 1. The standard InChI is InChI=1S/C22H20N2O2/c1-2-6-15-13-19(16-9-11-18(25)12-10-16)21(17-7-4-3-5-8-17)20(14-15)22(23)24-26/h2-5,7-14,25-26H,1,6H2,(H2,23,24). The molecule has 0 aliphatic heterocycles. The molecule has 0 atom stereocenters. The van der Waals surface area contributed by atoms with Crippen molar-refractivity contribution in [3.05, 3.63) is 90.5 Å². The predicted molar refractivity (Wildman–Crippen MR) is 105 cm³/mol. The Morgan fingerprint density at radius 2 is 1.69 bits per heavy atom. The molecule has 0 saturated heterocycles. The van der Waals surface area contributed by atoms with Crippen LogP contribution in [0.3, 0.4) is 0 Å². The van der Waals surface area contributed by atoms with E-state index in [4.69, 9.17) is 5.73 Å². The number of allylic oxidation sites excluding steroid dienone is 1. The molecule has 0 aliphatic rings. The quantitative estimate of drug-likeness (QED) is 0.209. The lowest BCUT2D eigenvalue weighted by atomic mass is 9.87. The Morgan fingerprint density at radius 1 is 1.00 bits per heavy atom. The first kappa shape index (κ1) is 17.3. The molecule has 0 aliphatic carbocycles. The minimum absolute atomic E-state index is 0.0507. The molecule has 26 heavy (non-hydrogen) atoms. The molecule has 0 unspecified atom stereocenters. The molecule has 3 aromatic rings. The van der Waals surface area contributed by atoms with E-state index < -0.39 is 0 Å². The summed E-state index contributed by atoms with van der Waals surface area (Å²) < 4.78 is 0. The molecule has 4 N–H and O–H groups in total. The smallest absolute Gasteiger partial charge is 0.170 e. The monoisotopic (exact) mass is 344 g/mol. The second-order valence-electron chi connectivity index (χ2n) is 5.96. The Hall–Kier alpha value is -3.53. The summed E-state index contributed by atoms with van der Waals surface area (Å²) in [5.74, 6) is 0.253. The van der Waals surface area contributed by atoms with Crippen molar-refractivity contribution in [2.75, 3.05) is 0 Å². The largest absolute Gasteiger partial charge is 0.508 e. The molecule has 4 heteroatoms. The van der Waals surface area contributed by atoms with E-state index in [1.807, 2.05) is 54.6 Å². The molecule has 0 fully saturated rings. The van der Waals surface area contributed by atoms with Gasteiger partial charge in [-0.2, -0.15) is 0 Å². The maximum atomic E-state index is 9.62. The van der Waals surface area contributed by atoms with Crippen molar-refractivity contribution in [1.82, 2.24) is 0 Å². The number of phenolic OH excluding ortho intramolecular Hbond substituents is 1. The summed E-state index contributed by atoms with van der Waals surface area (Å²) in [6.45, 7) is 3.80. The molecule has 130 valence electrons. The van der Waals surface area contributed by atoms with Gasteiger partial charge < -0.3 is 16.0 Å². The predicted octanol–water partition coefficient (Wildman–Crippen LogP) is 4.55. The van der Waals surface area contributed by atoms with Crippen LogP contribution in [0.25, 0.3) is 22.3 Å². The second-order valence-corrected chi connectivity index (χ2v) is 5.96. The Balaban J connectivity index is 2.37. The van der Waals surface area contributed by atoms with Crippen LogP contribution in [0.4, 0.5) is 0 Å². The zero-order chi connectivity index (χ0) is 18.5. The van der Waals surface area contributed by atoms with Gasteiger partial charge in [-0.3, -0.25) is 0 Å². The summed E-state index contributed by atoms with van der Waals surface area (Å²) in [5, 5.41) is 22.1. The highest BCUT2D eigenvalue weighted by molar-refractivity contribution is 6.07. The number of benzene rings is 3. The van der Waals surface area contributed by atoms with E-state index in [1.165, 1.54) is 0 Å². The van der Waals surface area contributed by atoms with Crippen molar-refractivity contribution < 1.29 is 10.3 Å². The molecule has 4 nitrogen and oxygen atoms in total. The lowest BCUT2D eigenvalue weighted by Crippen LogP contribution is -2.15. The van der Waals surface area contributed by atoms with Gasteiger partial charge in [0.2, 0.25) is 0 Å². The van der Waals surface area contributed by atoms with Crippen molar-refractivity contribution in [3.8, 4) is 28.0 Å². The first-order chi connectivity index (χ1) is 12.6. The average Bonchev–Trinajstić information content (AvgIpc) is 2.68. The third-order valence-electron chi connectivity index (χ3n) is 4.20. The molecule has 3 rings (SSSR count). The number of nitrogens with two attached hydrogens (primary N) is 1. The number of hydrogen-bond acceptors (Lipinski definition) is 3. The molecular formula is C22H20N2O2. The first-order valence-corrected chi connectivity index (χ1v) is 8.24. The van der Waals surface area contributed by atoms with Crippen molar-refractivity contribution in [2.24, 2.45) is 10.9 Å². The Kier molecular flexibility index (Phi) is 5.04. The molecule has 0 heterocycles. The van der Waals surface area contributed by atoms with E-state index >= 15 is 0 Å². The van der Waals surface area contributed by atoms with Gasteiger partial charge in [-0.25, -0.2) is 0 Å². The average molecular weight is 344 g/mol. The zero-order valence-electron chi connectivity index (χ0n) is 14.3. The summed E-state index contributed by atoms with van der Waals surface area (Å²) in [6.07, 6.45) is 2.47.